The number of nitrogens with one attached hydrogen (secondary N) is 1. The first kappa shape index (κ1) is 15.6. The topological polar surface area (TPSA) is 79.0 Å². The number of carbonyl (C=O) groups is 2. The Kier molecular flexibility index (Phi) is 4.07. The van der Waals surface area contributed by atoms with Crippen molar-refractivity contribution < 1.29 is 9.59 Å². The lowest BCUT2D eigenvalue weighted by Gasteiger charge is -2.15. The molecule has 0 unspecified atom stereocenters. The SMILES string of the molecule is O=C1C[C@H](Sc2ncn[nH]2)C(=O)N1c1ccc(-c2ccccc2)cc1. The third-order valence-corrected chi connectivity index (χ3v) is 5.06. The van der Waals surface area contributed by atoms with Gasteiger partial charge in [0, 0.05) is 6.42 Å². The maximum absolute atomic E-state index is 12.6. The van der Waals surface area contributed by atoms with Crippen LogP contribution in [-0.2, 0) is 9.59 Å². The number of thioether (sulfide) groups is 1. The van der Waals surface area contributed by atoms with Gasteiger partial charge in [0.25, 0.3) is 0 Å². The Morgan fingerprint density at radius 3 is 2.40 bits per heavy atom. The number of amides is 2. The van der Waals surface area contributed by atoms with Crippen molar-refractivity contribution in [2.24, 2.45) is 0 Å². The first-order chi connectivity index (χ1) is 12.2. The van der Waals surface area contributed by atoms with Crippen molar-refractivity contribution >= 4 is 29.3 Å². The number of H-pyrrole nitrogens is 1. The summed E-state index contributed by atoms with van der Waals surface area (Å²) in [7, 11) is 0. The van der Waals surface area contributed by atoms with Gasteiger partial charge >= 0.3 is 0 Å². The van der Waals surface area contributed by atoms with E-state index in [4.69, 9.17) is 0 Å². The van der Waals surface area contributed by atoms with E-state index in [1.54, 1.807) is 12.1 Å². The van der Waals surface area contributed by atoms with E-state index < -0.39 is 5.25 Å². The number of rotatable bonds is 4. The Balaban J connectivity index is 1.55. The molecule has 1 aliphatic heterocycles. The summed E-state index contributed by atoms with van der Waals surface area (Å²) in [6, 6.07) is 17.4. The largest absolute Gasteiger partial charge is 0.274 e. The van der Waals surface area contributed by atoms with Crippen molar-refractivity contribution in [1.29, 1.82) is 0 Å². The molecular formula is C18H14N4O2S. The van der Waals surface area contributed by atoms with Gasteiger partial charge in [0.2, 0.25) is 11.8 Å². The fourth-order valence-electron chi connectivity index (χ4n) is 2.79. The molecule has 2 amide bonds. The summed E-state index contributed by atoms with van der Waals surface area (Å²) < 4.78 is 0. The van der Waals surface area contributed by atoms with Crippen molar-refractivity contribution in [1.82, 2.24) is 15.2 Å². The van der Waals surface area contributed by atoms with E-state index in [1.165, 1.54) is 23.0 Å². The average molecular weight is 350 g/mol. The number of carbonyl (C=O) groups excluding carboxylic acids is 2. The van der Waals surface area contributed by atoms with Crippen molar-refractivity contribution in [2.45, 2.75) is 16.8 Å². The lowest BCUT2D eigenvalue weighted by atomic mass is 10.1. The molecule has 1 atom stereocenters. The molecule has 0 bridgehead atoms. The Morgan fingerprint density at radius 1 is 1.00 bits per heavy atom. The van der Waals surface area contributed by atoms with E-state index in [2.05, 4.69) is 15.2 Å². The van der Waals surface area contributed by atoms with Crippen LogP contribution in [0.3, 0.4) is 0 Å². The number of anilines is 1. The molecular weight excluding hydrogens is 336 g/mol. The van der Waals surface area contributed by atoms with Gasteiger partial charge in [-0.05, 0) is 23.3 Å². The summed E-state index contributed by atoms with van der Waals surface area (Å²) in [5.74, 6) is -0.423. The molecule has 0 radical (unpaired) electrons. The van der Waals surface area contributed by atoms with Crippen molar-refractivity contribution in [3.63, 3.8) is 0 Å². The maximum atomic E-state index is 12.6. The minimum absolute atomic E-state index is 0.157. The van der Waals surface area contributed by atoms with Crippen LogP contribution in [0.5, 0.6) is 0 Å². The smallest absolute Gasteiger partial charge is 0.247 e. The molecule has 1 aromatic heterocycles. The summed E-state index contributed by atoms with van der Waals surface area (Å²) in [6.45, 7) is 0. The van der Waals surface area contributed by atoms with Crippen LogP contribution < -0.4 is 4.90 Å². The molecule has 25 heavy (non-hydrogen) atoms. The Morgan fingerprint density at radius 2 is 1.72 bits per heavy atom. The third kappa shape index (κ3) is 3.06. The number of hydrogen-bond acceptors (Lipinski definition) is 5. The van der Waals surface area contributed by atoms with Gasteiger partial charge in [-0.1, -0.05) is 54.2 Å². The van der Waals surface area contributed by atoms with Crippen molar-refractivity contribution in [3.8, 4) is 11.1 Å². The molecule has 2 heterocycles. The van der Waals surface area contributed by atoms with E-state index in [1.807, 2.05) is 42.5 Å². The Bertz CT molecular complexity index is 895. The zero-order chi connectivity index (χ0) is 17.2. The first-order valence-electron chi connectivity index (χ1n) is 7.77. The lowest BCUT2D eigenvalue weighted by Crippen LogP contribution is -2.31. The van der Waals surface area contributed by atoms with E-state index in [-0.39, 0.29) is 18.2 Å². The van der Waals surface area contributed by atoms with Gasteiger partial charge in [-0.3, -0.25) is 14.7 Å². The van der Waals surface area contributed by atoms with Crippen LogP contribution in [0.4, 0.5) is 5.69 Å². The van der Waals surface area contributed by atoms with Gasteiger partial charge in [-0.2, -0.15) is 5.10 Å². The Hall–Kier alpha value is -2.93. The van der Waals surface area contributed by atoms with E-state index in [0.29, 0.717) is 10.8 Å². The number of nitrogens with zero attached hydrogens (tertiary/aromatic N) is 3. The second-order valence-electron chi connectivity index (χ2n) is 5.58. The van der Waals surface area contributed by atoms with E-state index in [0.717, 1.165) is 11.1 Å². The molecule has 7 heteroatoms. The van der Waals surface area contributed by atoms with Gasteiger partial charge < -0.3 is 0 Å². The van der Waals surface area contributed by atoms with Crippen LogP contribution in [0.2, 0.25) is 0 Å². The summed E-state index contributed by atoms with van der Waals surface area (Å²) in [4.78, 5) is 30.2. The molecule has 1 fully saturated rings. The normalized spacial score (nSPS) is 17.3. The minimum atomic E-state index is -0.478. The predicted octanol–water partition coefficient (Wildman–Crippen LogP) is 2.90. The molecule has 1 aliphatic rings. The van der Waals surface area contributed by atoms with Crippen LogP contribution in [-0.4, -0.2) is 32.2 Å². The monoisotopic (exact) mass is 350 g/mol. The highest BCUT2D eigenvalue weighted by Crippen LogP contribution is 2.33. The summed E-state index contributed by atoms with van der Waals surface area (Å²) in [5, 5.41) is 6.51. The number of aromatic nitrogens is 3. The van der Waals surface area contributed by atoms with E-state index in [9.17, 15) is 9.59 Å². The van der Waals surface area contributed by atoms with Crippen molar-refractivity contribution in [3.05, 3.63) is 60.9 Å². The van der Waals surface area contributed by atoms with Gasteiger partial charge in [0.15, 0.2) is 5.16 Å². The van der Waals surface area contributed by atoms with Gasteiger partial charge in [0.05, 0.1) is 5.69 Å². The second-order valence-corrected chi connectivity index (χ2v) is 6.77. The molecule has 0 saturated carbocycles. The number of imide groups is 1. The molecule has 6 nitrogen and oxygen atoms in total. The zero-order valence-electron chi connectivity index (χ0n) is 13.1. The standard InChI is InChI=1S/C18H14N4O2S/c23-16-10-15(25-18-19-11-20-21-18)17(24)22(16)14-8-6-13(7-9-14)12-4-2-1-3-5-12/h1-9,11,15H,10H2,(H,19,20,21)/t15-/m0/s1. The van der Waals surface area contributed by atoms with Crippen LogP contribution in [0.1, 0.15) is 6.42 Å². The fraction of sp³-hybridized carbons (Fsp3) is 0.111. The predicted molar refractivity (Wildman–Crippen MR) is 95.0 cm³/mol. The summed E-state index contributed by atoms with van der Waals surface area (Å²) in [6.07, 6.45) is 1.54. The molecule has 0 spiro atoms. The average Bonchev–Trinajstić information content (AvgIpc) is 3.25. The summed E-state index contributed by atoms with van der Waals surface area (Å²) >= 11 is 1.23. The van der Waals surface area contributed by atoms with Gasteiger partial charge in [0.1, 0.15) is 11.6 Å². The molecule has 2 aromatic carbocycles. The molecule has 4 rings (SSSR count). The highest BCUT2D eigenvalue weighted by atomic mass is 32.2. The summed E-state index contributed by atoms with van der Waals surface area (Å²) in [5.41, 5.74) is 2.72. The third-order valence-electron chi connectivity index (χ3n) is 3.98. The van der Waals surface area contributed by atoms with Crippen LogP contribution >= 0.6 is 11.8 Å². The quantitative estimate of drug-likeness (QED) is 0.732. The molecule has 124 valence electrons. The highest BCUT2D eigenvalue weighted by molar-refractivity contribution is 8.00. The maximum Gasteiger partial charge on any atom is 0.247 e. The molecule has 1 saturated heterocycles. The van der Waals surface area contributed by atoms with E-state index >= 15 is 0 Å². The van der Waals surface area contributed by atoms with Crippen LogP contribution in [0.15, 0.2) is 66.1 Å². The van der Waals surface area contributed by atoms with Gasteiger partial charge in [-0.15, -0.1) is 0 Å². The lowest BCUT2D eigenvalue weighted by molar-refractivity contribution is -0.121. The van der Waals surface area contributed by atoms with Crippen LogP contribution in [0, 0.1) is 0 Å². The molecule has 0 aliphatic carbocycles. The highest BCUT2D eigenvalue weighted by Gasteiger charge is 2.40. The first-order valence-corrected chi connectivity index (χ1v) is 8.64. The number of aromatic amines is 1. The molecule has 3 aromatic rings. The fourth-order valence-corrected chi connectivity index (χ4v) is 3.70. The molecule has 1 N–H and O–H groups in total. The second kappa shape index (κ2) is 6.52. The van der Waals surface area contributed by atoms with Gasteiger partial charge in [-0.25, -0.2) is 9.88 Å². The number of hydrogen-bond donors (Lipinski definition) is 1. The Labute approximate surface area is 148 Å². The number of benzene rings is 2. The minimum Gasteiger partial charge on any atom is -0.274 e. The van der Waals surface area contributed by atoms with Crippen LogP contribution in [0.25, 0.3) is 11.1 Å². The zero-order valence-corrected chi connectivity index (χ0v) is 13.9. The van der Waals surface area contributed by atoms with Crippen molar-refractivity contribution in [2.75, 3.05) is 4.90 Å².